The second kappa shape index (κ2) is 14.1. The lowest BCUT2D eigenvalue weighted by molar-refractivity contribution is -0.384. The van der Waals surface area contributed by atoms with Crippen molar-refractivity contribution in [1.82, 2.24) is 16.1 Å². The molecule has 0 aliphatic carbocycles. The van der Waals surface area contributed by atoms with Gasteiger partial charge in [0, 0.05) is 17.3 Å². The molecule has 14 nitrogen and oxygen atoms in total. The lowest BCUT2D eigenvalue weighted by atomic mass is 9.95. The van der Waals surface area contributed by atoms with Gasteiger partial charge in [0.1, 0.15) is 23.2 Å². The maximum absolute atomic E-state index is 12.4. The quantitative estimate of drug-likeness (QED) is 0.0706. The van der Waals surface area contributed by atoms with E-state index >= 15 is 0 Å². The number of halogens is 2. The number of urea groups is 1. The van der Waals surface area contributed by atoms with Crippen LogP contribution in [-0.2, 0) is 9.53 Å². The molecule has 2 atom stereocenters. The van der Waals surface area contributed by atoms with Crippen molar-refractivity contribution in [3.8, 4) is 22.8 Å². The fraction of sp³-hybridized carbons (Fsp3) is 0.250. The number of esters is 1. The van der Waals surface area contributed by atoms with Crippen LogP contribution in [0, 0.1) is 10.1 Å². The number of aliphatic hydroxyl groups excluding tert-OH is 1. The average Bonchev–Trinajstić information content (AvgIpc) is 3.44. The van der Waals surface area contributed by atoms with Crippen molar-refractivity contribution in [3.63, 3.8) is 0 Å². The van der Waals surface area contributed by atoms with Crippen LogP contribution in [0.25, 0.3) is 11.3 Å². The molecule has 232 valence electrons. The smallest absolute Gasteiger partial charge is 0.337 e. The standard InChI is InChI=1S/C28H27Cl2N5O9/c1-4-42-23-9-15(26-25(27(37)41-3)14(2)32-28(38)33-26)5-7-22(23)43-13-24(36)34-31-12-16-6-8-21(44-16)17-10-20(35(39)40)19(30)11-18(17)29/h5-12,24,26,34,36H,4,13H2,1-3H3,(H2,32,33,38)/b31-12-/t24-,26-/m0/s1. The molecule has 1 aromatic heterocycles. The molecular formula is C28H27Cl2N5O9. The van der Waals surface area contributed by atoms with Gasteiger partial charge in [0.15, 0.2) is 17.7 Å². The van der Waals surface area contributed by atoms with E-state index in [9.17, 15) is 24.8 Å². The van der Waals surface area contributed by atoms with Crippen LogP contribution >= 0.6 is 23.2 Å². The maximum atomic E-state index is 12.4. The predicted molar refractivity (Wildman–Crippen MR) is 160 cm³/mol. The second-order valence-electron chi connectivity index (χ2n) is 9.16. The predicted octanol–water partition coefficient (Wildman–Crippen LogP) is 4.68. The highest BCUT2D eigenvalue weighted by Gasteiger charge is 2.32. The van der Waals surface area contributed by atoms with E-state index < -0.39 is 29.2 Å². The Hall–Kier alpha value is -4.79. The zero-order valence-corrected chi connectivity index (χ0v) is 25.1. The third-order valence-electron chi connectivity index (χ3n) is 6.21. The second-order valence-corrected chi connectivity index (χ2v) is 9.97. The Kier molecular flexibility index (Phi) is 10.3. The maximum Gasteiger partial charge on any atom is 0.337 e. The van der Waals surface area contributed by atoms with Crippen LogP contribution in [0.1, 0.15) is 31.2 Å². The topological polar surface area (TPSA) is 187 Å². The minimum atomic E-state index is -1.25. The van der Waals surface area contributed by atoms with Crippen LogP contribution in [0.2, 0.25) is 10.0 Å². The molecule has 2 amide bonds. The van der Waals surface area contributed by atoms with Gasteiger partial charge < -0.3 is 34.4 Å². The number of methoxy groups -OCH3 is 1. The summed E-state index contributed by atoms with van der Waals surface area (Å²) >= 11 is 12.1. The fourth-order valence-corrected chi connectivity index (χ4v) is 4.79. The van der Waals surface area contributed by atoms with Crippen molar-refractivity contribution in [2.24, 2.45) is 5.10 Å². The zero-order valence-electron chi connectivity index (χ0n) is 23.6. The summed E-state index contributed by atoms with van der Waals surface area (Å²) in [5.74, 6) is 0.534. The van der Waals surface area contributed by atoms with Crippen LogP contribution in [0.4, 0.5) is 10.5 Å². The molecule has 2 heterocycles. The Morgan fingerprint density at radius 3 is 2.68 bits per heavy atom. The molecule has 0 saturated carbocycles. The third-order valence-corrected chi connectivity index (χ3v) is 6.83. The molecule has 0 saturated heterocycles. The number of hydrogen-bond donors (Lipinski definition) is 4. The number of nitro benzene ring substituents is 1. The summed E-state index contributed by atoms with van der Waals surface area (Å²) in [6, 6.07) is 9.19. The molecule has 16 heteroatoms. The van der Waals surface area contributed by atoms with Crippen LogP contribution < -0.4 is 25.5 Å². The number of carbonyl (C=O) groups is 2. The van der Waals surface area contributed by atoms with E-state index in [1.54, 1.807) is 44.2 Å². The number of amides is 2. The van der Waals surface area contributed by atoms with Crippen LogP contribution in [-0.4, -0.2) is 54.8 Å². The molecule has 1 aliphatic rings. The number of benzene rings is 2. The van der Waals surface area contributed by atoms with E-state index in [1.807, 2.05) is 0 Å². The van der Waals surface area contributed by atoms with E-state index in [0.29, 0.717) is 29.4 Å². The highest BCUT2D eigenvalue weighted by Crippen LogP contribution is 2.37. The van der Waals surface area contributed by atoms with Crippen molar-refractivity contribution in [2.75, 3.05) is 20.3 Å². The Bertz CT molecular complexity index is 1640. The van der Waals surface area contributed by atoms with Crippen molar-refractivity contribution < 1.29 is 38.2 Å². The van der Waals surface area contributed by atoms with E-state index in [-0.39, 0.29) is 45.0 Å². The van der Waals surface area contributed by atoms with Gasteiger partial charge in [-0.1, -0.05) is 29.3 Å². The van der Waals surface area contributed by atoms with Gasteiger partial charge in [-0.2, -0.15) is 5.10 Å². The number of hydrogen-bond acceptors (Lipinski definition) is 11. The number of carbonyl (C=O) groups excluding carboxylic acids is 2. The molecule has 4 N–H and O–H groups in total. The molecule has 4 rings (SSSR count). The van der Waals surface area contributed by atoms with Gasteiger partial charge in [0.05, 0.1) is 41.5 Å². The summed E-state index contributed by atoms with van der Waals surface area (Å²) in [6.45, 7) is 3.44. The number of allylic oxidation sites excluding steroid dienone is 1. The number of nitro groups is 1. The Morgan fingerprint density at radius 1 is 1.20 bits per heavy atom. The number of ether oxygens (including phenoxy) is 3. The fourth-order valence-electron chi connectivity index (χ4n) is 4.24. The average molecular weight is 648 g/mol. The Morgan fingerprint density at radius 2 is 1.98 bits per heavy atom. The van der Waals surface area contributed by atoms with E-state index in [4.69, 9.17) is 41.8 Å². The van der Waals surface area contributed by atoms with Gasteiger partial charge in [-0.15, -0.1) is 0 Å². The van der Waals surface area contributed by atoms with Crippen molar-refractivity contribution >= 4 is 47.1 Å². The molecule has 0 fully saturated rings. The third kappa shape index (κ3) is 7.40. The van der Waals surface area contributed by atoms with Crippen LogP contribution in [0.5, 0.6) is 11.5 Å². The van der Waals surface area contributed by atoms with Gasteiger partial charge >= 0.3 is 12.0 Å². The molecule has 1 aliphatic heterocycles. The summed E-state index contributed by atoms with van der Waals surface area (Å²) in [7, 11) is 1.25. The highest BCUT2D eigenvalue weighted by molar-refractivity contribution is 6.37. The Labute approximate surface area is 260 Å². The molecule has 0 spiro atoms. The summed E-state index contributed by atoms with van der Waals surface area (Å²) in [5.41, 5.74) is 3.60. The van der Waals surface area contributed by atoms with E-state index in [0.717, 1.165) is 0 Å². The van der Waals surface area contributed by atoms with Gasteiger partial charge in [0.25, 0.3) is 5.69 Å². The summed E-state index contributed by atoms with van der Waals surface area (Å²) < 4.78 is 22.0. The molecule has 0 radical (unpaired) electrons. The lowest BCUT2D eigenvalue weighted by Crippen LogP contribution is -2.45. The number of aliphatic hydroxyl groups is 1. The minimum absolute atomic E-state index is 0.1000. The first-order valence-corrected chi connectivity index (χ1v) is 13.7. The largest absolute Gasteiger partial charge is 0.490 e. The van der Waals surface area contributed by atoms with Crippen LogP contribution in [0.3, 0.4) is 0 Å². The number of hydrazone groups is 1. The molecular weight excluding hydrogens is 621 g/mol. The molecule has 0 bridgehead atoms. The van der Waals surface area contributed by atoms with Gasteiger partial charge in [-0.25, -0.2) is 9.59 Å². The van der Waals surface area contributed by atoms with Crippen molar-refractivity contribution in [2.45, 2.75) is 26.1 Å². The number of furan rings is 1. The lowest BCUT2D eigenvalue weighted by Gasteiger charge is -2.28. The normalized spacial score (nSPS) is 15.4. The first-order chi connectivity index (χ1) is 21.0. The SMILES string of the molecule is CCOc1cc([C@@H]2NC(=O)NC(C)=C2C(=O)OC)ccc1OC[C@H](O)N/N=C\c1ccc(-c2cc([N+](=O)[O-])c(Cl)cc2Cl)o1. The number of rotatable bonds is 12. The zero-order chi connectivity index (χ0) is 32.0. The van der Waals surface area contributed by atoms with Gasteiger partial charge in [-0.3, -0.25) is 15.5 Å². The first-order valence-electron chi connectivity index (χ1n) is 13.0. The minimum Gasteiger partial charge on any atom is -0.490 e. The van der Waals surface area contributed by atoms with Gasteiger partial charge in [-0.05, 0) is 49.7 Å². The van der Waals surface area contributed by atoms with Gasteiger partial charge in [0.2, 0.25) is 0 Å². The Balaban J connectivity index is 1.41. The van der Waals surface area contributed by atoms with Crippen LogP contribution in [0.15, 0.2) is 63.3 Å². The van der Waals surface area contributed by atoms with E-state index in [2.05, 4.69) is 21.2 Å². The first kappa shape index (κ1) is 32.1. The van der Waals surface area contributed by atoms with Crippen molar-refractivity contribution in [1.29, 1.82) is 0 Å². The molecule has 0 unspecified atom stereocenters. The summed E-state index contributed by atoms with van der Waals surface area (Å²) in [4.78, 5) is 35.1. The summed E-state index contributed by atoms with van der Waals surface area (Å²) in [6.07, 6.45) is 0.0380. The van der Waals surface area contributed by atoms with Crippen molar-refractivity contribution in [3.05, 3.63) is 85.2 Å². The number of nitrogens with one attached hydrogen (secondary N) is 3. The molecule has 44 heavy (non-hydrogen) atoms. The monoisotopic (exact) mass is 647 g/mol. The summed E-state index contributed by atoms with van der Waals surface area (Å²) in [5, 5.41) is 30.8. The molecule has 2 aromatic carbocycles. The molecule has 3 aromatic rings. The van der Waals surface area contributed by atoms with E-state index in [1.165, 1.54) is 25.5 Å². The highest BCUT2D eigenvalue weighted by atomic mass is 35.5. The number of nitrogens with zero attached hydrogens (tertiary/aromatic N) is 2.